The number of aromatic nitrogens is 1. The zero-order valence-electron chi connectivity index (χ0n) is 13.9. The van der Waals surface area contributed by atoms with Crippen molar-refractivity contribution in [3.63, 3.8) is 0 Å². The molecule has 1 unspecified atom stereocenters. The van der Waals surface area contributed by atoms with Gasteiger partial charge >= 0.3 is 0 Å². The third-order valence-corrected chi connectivity index (χ3v) is 5.44. The lowest BCUT2D eigenvalue weighted by molar-refractivity contribution is 0.478. The lowest BCUT2D eigenvalue weighted by Gasteiger charge is -2.13. The first kappa shape index (κ1) is 16.3. The van der Waals surface area contributed by atoms with Crippen LogP contribution in [0, 0.1) is 11.3 Å². The van der Waals surface area contributed by atoms with Crippen molar-refractivity contribution in [2.75, 3.05) is 0 Å². The minimum atomic E-state index is -0.233. The van der Waals surface area contributed by atoms with E-state index in [-0.39, 0.29) is 22.9 Å². The molecule has 128 valence electrons. The van der Waals surface area contributed by atoms with Gasteiger partial charge in [0.15, 0.2) is 0 Å². The summed E-state index contributed by atoms with van der Waals surface area (Å²) in [5, 5.41) is 23.3. The van der Waals surface area contributed by atoms with Crippen LogP contribution in [0.25, 0.3) is 32.1 Å². The highest BCUT2D eigenvalue weighted by Crippen LogP contribution is 2.41. The van der Waals surface area contributed by atoms with E-state index >= 15 is 0 Å². The molecule has 0 amide bonds. The Bertz CT molecular complexity index is 1240. The second-order valence-corrected chi connectivity index (χ2v) is 7.12. The van der Waals surface area contributed by atoms with Gasteiger partial charge in [0.1, 0.15) is 16.5 Å². The van der Waals surface area contributed by atoms with Crippen LogP contribution in [0.4, 0.5) is 0 Å². The van der Waals surface area contributed by atoms with E-state index in [9.17, 15) is 15.2 Å². The van der Waals surface area contributed by atoms with Crippen LogP contribution in [-0.2, 0) is 0 Å². The van der Waals surface area contributed by atoms with Gasteiger partial charge in [-0.15, -0.1) is 11.3 Å². The average Bonchev–Trinajstić information content (AvgIpc) is 3.12. The van der Waals surface area contributed by atoms with E-state index in [0.717, 1.165) is 16.5 Å². The normalized spacial score (nSPS) is 12.3. The number of aromatic hydroxyl groups is 1. The lowest BCUT2D eigenvalue weighted by atomic mass is 9.94. The predicted molar refractivity (Wildman–Crippen MR) is 104 cm³/mol. The number of nitriles is 1. The van der Waals surface area contributed by atoms with Crippen LogP contribution in [0.1, 0.15) is 24.1 Å². The third kappa shape index (κ3) is 2.37. The molecular weight excluding hydrogens is 346 g/mol. The highest BCUT2D eigenvalue weighted by Gasteiger charge is 2.18. The summed E-state index contributed by atoms with van der Waals surface area (Å²) in [4.78, 5) is 15.1. The Labute approximate surface area is 152 Å². The molecule has 26 heavy (non-hydrogen) atoms. The molecule has 2 aromatic heterocycles. The maximum atomic E-state index is 12.3. The standard InChI is InChI=1S/C20H15N3O2S/c1-10(22)11-2-4-12(5-3-11)16-15(24)8-13(9-21)18-17(16)14-6-7-26-19(14)20(25)23-18/h2-8,10,24H,22H2,1H3,(H,23,25). The number of phenolic OH excluding ortho intramolecular Hbond substituents is 1. The molecule has 1 atom stereocenters. The van der Waals surface area contributed by atoms with Gasteiger partial charge in [-0.2, -0.15) is 5.26 Å². The number of phenols is 1. The van der Waals surface area contributed by atoms with E-state index in [2.05, 4.69) is 11.1 Å². The fraction of sp³-hybridized carbons (Fsp3) is 0.100. The van der Waals surface area contributed by atoms with Crippen LogP contribution in [0.3, 0.4) is 0 Å². The first-order valence-electron chi connectivity index (χ1n) is 8.06. The van der Waals surface area contributed by atoms with Gasteiger partial charge in [-0.3, -0.25) is 4.79 Å². The first-order valence-corrected chi connectivity index (χ1v) is 8.94. The van der Waals surface area contributed by atoms with E-state index in [1.165, 1.54) is 17.4 Å². The number of nitrogens with zero attached hydrogens (tertiary/aromatic N) is 1. The number of benzene rings is 2. The van der Waals surface area contributed by atoms with Gasteiger partial charge in [-0.05, 0) is 29.5 Å². The molecule has 0 spiro atoms. The highest BCUT2D eigenvalue weighted by molar-refractivity contribution is 7.17. The number of hydrogen-bond acceptors (Lipinski definition) is 5. The quantitative estimate of drug-likeness (QED) is 0.502. The molecule has 0 radical (unpaired) electrons. The summed E-state index contributed by atoms with van der Waals surface area (Å²) in [5.41, 5.74) is 8.72. The van der Waals surface area contributed by atoms with Crippen LogP contribution < -0.4 is 11.3 Å². The molecule has 4 N–H and O–H groups in total. The van der Waals surface area contributed by atoms with Crippen molar-refractivity contribution in [1.29, 1.82) is 5.26 Å². The van der Waals surface area contributed by atoms with Gasteiger partial charge < -0.3 is 15.8 Å². The fourth-order valence-electron chi connectivity index (χ4n) is 3.25. The Kier molecular flexibility index (Phi) is 3.76. The van der Waals surface area contributed by atoms with E-state index in [4.69, 9.17) is 5.73 Å². The molecule has 0 bridgehead atoms. The van der Waals surface area contributed by atoms with Gasteiger partial charge in [-0.25, -0.2) is 0 Å². The molecule has 0 saturated heterocycles. The molecule has 2 heterocycles. The smallest absolute Gasteiger partial charge is 0.266 e. The summed E-state index contributed by atoms with van der Waals surface area (Å²) < 4.78 is 0.570. The summed E-state index contributed by atoms with van der Waals surface area (Å²) in [5.74, 6) is 0.00199. The van der Waals surface area contributed by atoms with E-state index in [1.807, 2.05) is 42.6 Å². The second kappa shape index (κ2) is 5.99. The largest absolute Gasteiger partial charge is 0.507 e. The molecule has 5 nitrogen and oxygen atoms in total. The van der Waals surface area contributed by atoms with Crippen molar-refractivity contribution in [2.24, 2.45) is 5.73 Å². The van der Waals surface area contributed by atoms with E-state index in [0.29, 0.717) is 21.2 Å². The van der Waals surface area contributed by atoms with Crippen LogP contribution in [0.15, 0.2) is 46.6 Å². The summed E-state index contributed by atoms with van der Waals surface area (Å²) in [6, 6.07) is 12.8. The van der Waals surface area contributed by atoms with Gasteiger partial charge in [0.05, 0.1) is 11.1 Å². The Morgan fingerprint density at radius 3 is 2.65 bits per heavy atom. The maximum Gasteiger partial charge on any atom is 0.266 e. The number of fused-ring (bicyclic) bond motifs is 3. The van der Waals surface area contributed by atoms with Gasteiger partial charge in [-0.1, -0.05) is 24.3 Å². The molecule has 0 aliphatic carbocycles. The zero-order valence-corrected chi connectivity index (χ0v) is 14.7. The number of rotatable bonds is 2. The minimum Gasteiger partial charge on any atom is -0.507 e. The van der Waals surface area contributed by atoms with Crippen molar-refractivity contribution in [3.05, 3.63) is 63.3 Å². The van der Waals surface area contributed by atoms with Crippen molar-refractivity contribution in [2.45, 2.75) is 13.0 Å². The number of nitrogens with two attached hydrogens (primary N) is 1. The van der Waals surface area contributed by atoms with Crippen LogP contribution in [0.2, 0.25) is 0 Å². The summed E-state index contributed by atoms with van der Waals surface area (Å²) in [6.07, 6.45) is 0. The summed E-state index contributed by atoms with van der Waals surface area (Å²) in [7, 11) is 0. The van der Waals surface area contributed by atoms with E-state index in [1.54, 1.807) is 0 Å². The minimum absolute atomic E-state index is 0.00199. The average molecular weight is 361 g/mol. The number of thiophene rings is 1. The Morgan fingerprint density at radius 2 is 2.00 bits per heavy atom. The van der Waals surface area contributed by atoms with Gasteiger partial charge in [0.2, 0.25) is 0 Å². The van der Waals surface area contributed by atoms with Crippen molar-refractivity contribution in [3.8, 4) is 22.9 Å². The number of hydrogen-bond donors (Lipinski definition) is 3. The number of nitrogens with one attached hydrogen (secondary N) is 1. The summed E-state index contributed by atoms with van der Waals surface area (Å²) in [6.45, 7) is 1.91. The second-order valence-electron chi connectivity index (χ2n) is 6.21. The lowest BCUT2D eigenvalue weighted by Crippen LogP contribution is -2.06. The SMILES string of the molecule is CC(N)c1ccc(-c2c(O)cc(C#N)c3[nH]c(=O)c4sccc4c23)cc1. The molecular formula is C20H15N3O2S. The molecule has 6 heteroatoms. The first-order chi connectivity index (χ1) is 12.5. The molecule has 4 rings (SSSR count). The van der Waals surface area contributed by atoms with E-state index < -0.39 is 0 Å². The van der Waals surface area contributed by atoms with Crippen LogP contribution in [-0.4, -0.2) is 10.1 Å². The Hall–Kier alpha value is -3.14. The molecule has 0 saturated carbocycles. The zero-order chi connectivity index (χ0) is 18.4. The molecule has 0 aliphatic rings. The van der Waals surface area contributed by atoms with Crippen molar-refractivity contribution < 1.29 is 5.11 Å². The van der Waals surface area contributed by atoms with Gasteiger partial charge in [0.25, 0.3) is 5.56 Å². The molecule has 0 aliphatic heterocycles. The predicted octanol–water partition coefficient (Wildman–Crippen LogP) is 4.01. The Morgan fingerprint density at radius 1 is 1.27 bits per heavy atom. The van der Waals surface area contributed by atoms with Crippen molar-refractivity contribution >= 4 is 32.3 Å². The third-order valence-electron chi connectivity index (χ3n) is 4.53. The van der Waals surface area contributed by atoms with Gasteiger partial charge in [0, 0.05) is 28.4 Å². The highest BCUT2D eigenvalue weighted by atomic mass is 32.1. The monoisotopic (exact) mass is 361 g/mol. The molecule has 4 aromatic rings. The van der Waals surface area contributed by atoms with Crippen LogP contribution >= 0.6 is 11.3 Å². The molecule has 2 aromatic carbocycles. The summed E-state index contributed by atoms with van der Waals surface area (Å²) >= 11 is 1.33. The number of aromatic amines is 1. The Balaban J connectivity index is 2.15. The number of pyridine rings is 1. The van der Waals surface area contributed by atoms with Crippen molar-refractivity contribution in [1.82, 2.24) is 4.98 Å². The maximum absolute atomic E-state index is 12.3. The number of H-pyrrole nitrogens is 1. The van der Waals surface area contributed by atoms with Crippen LogP contribution in [0.5, 0.6) is 5.75 Å². The molecule has 0 fully saturated rings. The topological polar surface area (TPSA) is 103 Å². The fourth-order valence-corrected chi connectivity index (χ4v) is 4.05.